The first-order chi connectivity index (χ1) is 14.6. The first-order valence-corrected chi connectivity index (χ1v) is 9.70. The Morgan fingerprint density at radius 2 is 1.81 bits per heavy atom. The van der Waals surface area contributed by atoms with Crippen LogP contribution >= 0.6 is 0 Å². The summed E-state index contributed by atoms with van der Waals surface area (Å²) in [5, 5.41) is 25.0. The average molecular weight is 433 g/mol. The molecular formula is C20H27N5O6. The molecule has 1 aromatic heterocycles. The van der Waals surface area contributed by atoms with E-state index < -0.39 is 47.9 Å². The standard InChI is InChI=1S/C20H27N5O6/c1-10(26)17(25-18(28)13(21)6-7-16(22)27)19(29)24-15(20(30)31)8-11-9-23-14-5-3-2-4-12(11)14/h2-5,9-10,13,15,17,23,26H,6-8,21H2,1H3,(H2,22,27)(H,24,29)(H,25,28)(H,30,31). The number of hydrogen-bond donors (Lipinski definition) is 7. The van der Waals surface area contributed by atoms with Crippen molar-refractivity contribution in [3.8, 4) is 0 Å². The largest absolute Gasteiger partial charge is 0.480 e. The molecule has 0 bridgehead atoms. The summed E-state index contributed by atoms with van der Waals surface area (Å²) in [5.41, 5.74) is 12.2. The number of aromatic nitrogens is 1. The number of hydrogen-bond acceptors (Lipinski definition) is 6. The Morgan fingerprint density at radius 3 is 2.42 bits per heavy atom. The predicted octanol–water partition coefficient (Wildman–Crippen LogP) is -1.26. The lowest BCUT2D eigenvalue weighted by atomic mass is 10.0. The van der Waals surface area contributed by atoms with Gasteiger partial charge in [-0.2, -0.15) is 0 Å². The fourth-order valence-electron chi connectivity index (χ4n) is 3.08. The number of para-hydroxylation sites is 1. The molecular weight excluding hydrogens is 406 g/mol. The lowest BCUT2D eigenvalue weighted by Gasteiger charge is -2.24. The fraction of sp³-hybridized carbons (Fsp3) is 0.400. The van der Waals surface area contributed by atoms with Gasteiger partial charge < -0.3 is 37.3 Å². The number of carboxylic acid groups (broad SMARTS) is 1. The van der Waals surface area contributed by atoms with Crippen LogP contribution in [0.1, 0.15) is 25.3 Å². The topological polar surface area (TPSA) is 201 Å². The van der Waals surface area contributed by atoms with E-state index in [1.807, 2.05) is 24.3 Å². The maximum atomic E-state index is 12.6. The van der Waals surface area contributed by atoms with E-state index in [2.05, 4.69) is 15.6 Å². The van der Waals surface area contributed by atoms with E-state index in [9.17, 15) is 29.4 Å². The first kappa shape index (κ1) is 23.8. The predicted molar refractivity (Wildman–Crippen MR) is 112 cm³/mol. The van der Waals surface area contributed by atoms with Crippen molar-refractivity contribution in [1.29, 1.82) is 0 Å². The second-order valence-electron chi connectivity index (χ2n) is 7.30. The molecule has 2 rings (SSSR count). The average Bonchev–Trinajstić information content (AvgIpc) is 3.11. The molecule has 2 aromatic rings. The van der Waals surface area contributed by atoms with Crippen molar-refractivity contribution in [3.63, 3.8) is 0 Å². The van der Waals surface area contributed by atoms with Crippen LogP contribution in [0, 0.1) is 0 Å². The summed E-state index contributed by atoms with van der Waals surface area (Å²) < 4.78 is 0. The molecule has 0 aliphatic heterocycles. The Labute approximate surface area is 178 Å². The van der Waals surface area contributed by atoms with Gasteiger partial charge in [-0.1, -0.05) is 18.2 Å². The van der Waals surface area contributed by atoms with Crippen LogP contribution in [0.4, 0.5) is 0 Å². The van der Waals surface area contributed by atoms with Crippen molar-refractivity contribution in [2.45, 2.75) is 50.4 Å². The number of nitrogens with two attached hydrogens (primary N) is 2. The van der Waals surface area contributed by atoms with Crippen molar-refractivity contribution < 1.29 is 29.4 Å². The number of rotatable bonds is 11. The molecule has 0 aliphatic carbocycles. The molecule has 1 aromatic carbocycles. The number of benzene rings is 1. The Hall–Kier alpha value is -3.44. The molecule has 0 spiro atoms. The van der Waals surface area contributed by atoms with Gasteiger partial charge in [-0.3, -0.25) is 14.4 Å². The molecule has 4 atom stereocenters. The molecule has 0 fully saturated rings. The zero-order chi connectivity index (χ0) is 23.1. The Balaban J connectivity index is 2.08. The van der Waals surface area contributed by atoms with Gasteiger partial charge in [0.2, 0.25) is 17.7 Å². The summed E-state index contributed by atoms with van der Waals surface area (Å²) in [4.78, 5) is 50.4. The minimum Gasteiger partial charge on any atom is -0.480 e. The van der Waals surface area contributed by atoms with Crippen molar-refractivity contribution >= 4 is 34.6 Å². The van der Waals surface area contributed by atoms with Gasteiger partial charge in [0.1, 0.15) is 12.1 Å². The summed E-state index contributed by atoms with van der Waals surface area (Å²) in [5.74, 6) is -3.55. The lowest BCUT2D eigenvalue weighted by Crippen LogP contribution is -2.58. The van der Waals surface area contributed by atoms with Gasteiger partial charge in [-0.15, -0.1) is 0 Å². The van der Waals surface area contributed by atoms with Gasteiger partial charge in [-0.25, -0.2) is 4.79 Å². The third kappa shape index (κ3) is 6.52. The molecule has 0 radical (unpaired) electrons. The summed E-state index contributed by atoms with van der Waals surface area (Å²) in [6.45, 7) is 1.27. The number of aliphatic hydroxyl groups is 1. The minimum absolute atomic E-state index is 0.0102. The van der Waals surface area contributed by atoms with Gasteiger partial charge in [0, 0.05) is 29.9 Å². The number of aliphatic carboxylic acids is 1. The molecule has 11 nitrogen and oxygen atoms in total. The molecule has 11 heteroatoms. The summed E-state index contributed by atoms with van der Waals surface area (Å²) in [6.07, 6.45) is 0.177. The van der Waals surface area contributed by atoms with Gasteiger partial charge in [-0.05, 0) is 25.0 Å². The number of carbonyl (C=O) groups is 4. The van der Waals surface area contributed by atoms with Crippen LogP contribution in [0.5, 0.6) is 0 Å². The van der Waals surface area contributed by atoms with E-state index in [-0.39, 0.29) is 19.3 Å². The minimum atomic E-state index is -1.43. The first-order valence-electron chi connectivity index (χ1n) is 9.70. The molecule has 1 heterocycles. The second kappa shape index (κ2) is 10.5. The zero-order valence-corrected chi connectivity index (χ0v) is 17.0. The molecule has 0 saturated carbocycles. The molecule has 0 aliphatic rings. The summed E-state index contributed by atoms with van der Waals surface area (Å²) >= 11 is 0. The fourth-order valence-corrected chi connectivity index (χ4v) is 3.08. The van der Waals surface area contributed by atoms with E-state index >= 15 is 0 Å². The normalized spacial score (nSPS) is 14.9. The van der Waals surface area contributed by atoms with E-state index in [0.29, 0.717) is 5.56 Å². The molecule has 0 saturated heterocycles. The van der Waals surface area contributed by atoms with E-state index in [0.717, 1.165) is 10.9 Å². The highest BCUT2D eigenvalue weighted by molar-refractivity contribution is 5.92. The monoisotopic (exact) mass is 433 g/mol. The van der Waals surface area contributed by atoms with Gasteiger partial charge in [0.15, 0.2) is 0 Å². The van der Waals surface area contributed by atoms with Crippen LogP contribution in [0.3, 0.4) is 0 Å². The quantitative estimate of drug-likeness (QED) is 0.229. The van der Waals surface area contributed by atoms with Crippen LogP contribution in [0.15, 0.2) is 30.5 Å². The number of primary amides is 1. The van der Waals surface area contributed by atoms with Crippen molar-refractivity contribution in [1.82, 2.24) is 15.6 Å². The number of fused-ring (bicyclic) bond motifs is 1. The van der Waals surface area contributed by atoms with Crippen LogP contribution < -0.4 is 22.1 Å². The Morgan fingerprint density at radius 1 is 1.13 bits per heavy atom. The van der Waals surface area contributed by atoms with Crippen LogP contribution in [0.25, 0.3) is 10.9 Å². The van der Waals surface area contributed by atoms with Crippen molar-refractivity contribution in [3.05, 3.63) is 36.0 Å². The Kier molecular flexibility index (Phi) is 8.11. The van der Waals surface area contributed by atoms with E-state index in [1.54, 1.807) is 6.20 Å². The number of H-pyrrole nitrogens is 1. The summed E-state index contributed by atoms with van der Waals surface area (Å²) in [7, 11) is 0. The molecule has 31 heavy (non-hydrogen) atoms. The van der Waals surface area contributed by atoms with E-state index in [1.165, 1.54) is 6.92 Å². The Bertz CT molecular complexity index is 956. The number of aromatic amines is 1. The van der Waals surface area contributed by atoms with Gasteiger partial charge >= 0.3 is 5.97 Å². The SMILES string of the molecule is CC(O)C(NC(=O)C(N)CCC(N)=O)C(=O)NC(Cc1c[nH]c2ccccc12)C(=O)O. The van der Waals surface area contributed by atoms with Crippen molar-refractivity contribution in [2.24, 2.45) is 11.5 Å². The van der Waals surface area contributed by atoms with Gasteiger partial charge in [0.05, 0.1) is 12.1 Å². The van der Waals surface area contributed by atoms with Gasteiger partial charge in [0.25, 0.3) is 0 Å². The lowest BCUT2D eigenvalue weighted by molar-refractivity contribution is -0.142. The highest BCUT2D eigenvalue weighted by Crippen LogP contribution is 2.19. The zero-order valence-electron chi connectivity index (χ0n) is 17.0. The van der Waals surface area contributed by atoms with Crippen molar-refractivity contribution in [2.75, 3.05) is 0 Å². The van der Waals surface area contributed by atoms with Crippen LogP contribution in [-0.4, -0.2) is 63.1 Å². The van der Waals surface area contributed by atoms with Crippen LogP contribution in [-0.2, 0) is 25.6 Å². The summed E-state index contributed by atoms with van der Waals surface area (Å²) in [6, 6.07) is 3.47. The third-order valence-electron chi connectivity index (χ3n) is 4.81. The van der Waals surface area contributed by atoms with E-state index in [4.69, 9.17) is 11.5 Å². The molecule has 3 amide bonds. The smallest absolute Gasteiger partial charge is 0.326 e. The molecule has 168 valence electrons. The maximum Gasteiger partial charge on any atom is 0.326 e. The van der Waals surface area contributed by atoms with Crippen LogP contribution in [0.2, 0.25) is 0 Å². The molecule has 4 unspecified atom stereocenters. The number of carboxylic acids is 1. The highest BCUT2D eigenvalue weighted by Gasteiger charge is 2.31. The number of nitrogens with one attached hydrogen (secondary N) is 3. The highest BCUT2D eigenvalue weighted by atomic mass is 16.4. The maximum absolute atomic E-state index is 12.6. The number of aliphatic hydroxyl groups excluding tert-OH is 1. The number of amides is 3. The number of carbonyl (C=O) groups excluding carboxylic acids is 3. The second-order valence-corrected chi connectivity index (χ2v) is 7.30. The molecule has 9 N–H and O–H groups in total. The third-order valence-corrected chi connectivity index (χ3v) is 4.81.